The minimum atomic E-state index is -4.34. The summed E-state index contributed by atoms with van der Waals surface area (Å²) >= 11 is 1.03. The molecule has 5 atom stereocenters. The van der Waals surface area contributed by atoms with Gasteiger partial charge in [-0.2, -0.15) is 17.2 Å². The van der Waals surface area contributed by atoms with Crippen LogP contribution in [-0.4, -0.2) is 121 Å². The molecule has 4 rings (SSSR count). The van der Waals surface area contributed by atoms with Crippen molar-refractivity contribution in [3.8, 4) is 0 Å². The number of likely N-dealkylation sites (N-methyl/N-ethyl adjacent to an activating group) is 1. The molecule has 2 aromatic rings. The first-order chi connectivity index (χ1) is 22.9. The van der Waals surface area contributed by atoms with Crippen LogP contribution in [0, 0.1) is 0 Å². The summed E-state index contributed by atoms with van der Waals surface area (Å²) < 4.78 is 60.4. The van der Waals surface area contributed by atoms with Crippen molar-refractivity contribution in [3.05, 3.63) is 34.7 Å². The number of carbonyl (C=O) groups is 4. The molecule has 2 saturated heterocycles. The van der Waals surface area contributed by atoms with E-state index in [1.54, 1.807) is 0 Å². The maximum Gasteiger partial charge on any atom is 0.334 e. The number of primary sulfonamides is 1. The lowest BCUT2D eigenvalue weighted by atomic mass is 10.1. The third-order valence-corrected chi connectivity index (χ3v) is 13.3. The second-order valence-electron chi connectivity index (χ2n) is 12.0. The van der Waals surface area contributed by atoms with Crippen molar-refractivity contribution in [2.75, 3.05) is 39.0 Å². The number of sulfonamides is 1. The zero-order chi connectivity index (χ0) is 36.3. The fourth-order valence-electron chi connectivity index (χ4n) is 6.08. The predicted octanol–water partition coefficient (Wildman–Crippen LogP) is 0.925. The molecule has 0 saturated carbocycles. The van der Waals surface area contributed by atoms with Crippen molar-refractivity contribution in [3.63, 3.8) is 0 Å². The van der Waals surface area contributed by atoms with Gasteiger partial charge in [-0.15, -0.1) is 11.3 Å². The number of carbonyl (C=O) groups excluding carboxylic acids is 3. The number of carboxylic acids is 1. The molecule has 2 fully saturated rings. The molecule has 5 unspecified atom stereocenters. The molecule has 3 heterocycles. The van der Waals surface area contributed by atoms with Gasteiger partial charge in [-0.3, -0.25) is 14.4 Å². The number of carboxylic acid groups (broad SMARTS) is 1. The van der Waals surface area contributed by atoms with E-state index in [0.717, 1.165) is 28.2 Å². The van der Waals surface area contributed by atoms with Crippen LogP contribution in [0.3, 0.4) is 0 Å². The number of rotatable bonds is 14. The first kappa shape index (κ1) is 38.8. The van der Waals surface area contributed by atoms with Gasteiger partial charge in [-0.05, 0) is 69.0 Å². The number of amides is 3. The van der Waals surface area contributed by atoms with E-state index in [4.69, 9.17) is 4.52 Å². The van der Waals surface area contributed by atoms with Crippen molar-refractivity contribution in [1.29, 1.82) is 0 Å². The number of hydrogen-bond acceptors (Lipinski definition) is 10. The van der Waals surface area contributed by atoms with Crippen molar-refractivity contribution in [2.45, 2.75) is 69.4 Å². The number of halogens is 2. The Labute approximate surface area is 287 Å². The van der Waals surface area contributed by atoms with Crippen LogP contribution in [0.5, 0.6) is 0 Å². The Bertz CT molecular complexity index is 1740. The van der Waals surface area contributed by atoms with Gasteiger partial charge in [0.15, 0.2) is 7.34 Å². The summed E-state index contributed by atoms with van der Waals surface area (Å²) in [5.41, 5.74) is -4.28. The molecule has 2 aliphatic rings. The molecule has 0 aliphatic carbocycles. The Morgan fingerprint density at radius 3 is 2.57 bits per heavy atom. The van der Waals surface area contributed by atoms with Crippen LogP contribution in [0.25, 0.3) is 10.1 Å². The van der Waals surface area contributed by atoms with Crippen molar-refractivity contribution < 1.29 is 55.6 Å². The average molecular weight is 751 g/mol. The topological polar surface area (TPSA) is 199 Å². The molecule has 0 spiro atoms. The van der Waals surface area contributed by atoms with Crippen LogP contribution in [0.2, 0.25) is 0 Å². The van der Waals surface area contributed by atoms with Gasteiger partial charge >= 0.3 is 11.6 Å². The first-order valence-electron chi connectivity index (χ1n) is 15.9. The fourth-order valence-corrected chi connectivity index (χ4v) is 8.96. The number of quaternary nitrogens is 1. The molecular weight excluding hydrogens is 707 g/mol. The highest BCUT2D eigenvalue weighted by Gasteiger charge is 2.47. The van der Waals surface area contributed by atoms with E-state index in [2.05, 4.69) is 16.9 Å². The molecule has 0 bridgehead atoms. The molecule has 3 amide bonds. The Morgan fingerprint density at radius 1 is 1.22 bits per heavy atom. The monoisotopic (exact) mass is 750 g/mol. The van der Waals surface area contributed by atoms with E-state index >= 15 is 8.78 Å². The predicted molar refractivity (Wildman–Crippen MR) is 181 cm³/mol. The van der Waals surface area contributed by atoms with E-state index in [1.165, 1.54) is 31.0 Å². The normalized spacial score (nSPS) is 22.5. The maximum absolute atomic E-state index is 15.1. The van der Waals surface area contributed by atoms with Crippen molar-refractivity contribution >= 4 is 68.8 Å². The van der Waals surface area contributed by atoms with Gasteiger partial charge in [0.1, 0.15) is 23.9 Å². The van der Waals surface area contributed by atoms with E-state index in [-0.39, 0.29) is 36.9 Å². The molecule has 2 aliphatic heterocycles. The molecule has 49 heavy (non-hydrogen) atoms. The van der Waals surface area contributed by atoms with Gasteiger partial charge in [0, 0.05) is 29.4 Å². The first-order valence-corrected chi connectivity index (χ1v) is 20.3. The third-order valence-electron chi connectivity index (χ3n) is 8.86. The van der Waals surface area contributed by atoms with Crippen LogP contribution in [0.15, 0.2) is 24.3 Å². The van der Waals surface area contributed by atoms with Gasteiger partial charge in [-0.25, -0.2) is 9.52 Å². The van der Waals surface area contributed by atoms with E-state index in [0.29, 0.717) is 36.0 Å². The van der Waals surface area contributed by atoms with Crippen LogP contribution in [-0.2, 0) is 34.6 Å². The number of benzene rings is 1. The number of fused-ring (bicyclic) bond motifs is 2. The molecular formula is C30H43F2N5O9PS2+. The van der Waals surface area contributed by atoms with Gasteiger partial charge in [0.2, 0.25) is 11.8 Å². The highest BCUT2D eigenvalue weighted by Crippen LogP contribution is 2.62. The summed E-state index contributed by atoms with van der Waals surface area (Å²) in [6.07, 6.45) is 4.13. The largest absolute Gasteiger partial charge is 0.480 e. The number of alkyl halides is 2. The van der Waals surface area contributed by atoms with Gasteiger partial charge in [-0.1, -0.05) is 13.0 Å². The maximum atomic E-state index is 15.1. The Kier molecular flexibility index (Phi) is 12.3. The third kappa shape index (κ3) is 8.67. The number of thiophene rings is 1. The lowest BCUT2D eigenvalue weighted by Crippen LogP contribution is -2.83. The minimum absolute atomic E-state index is 0.131. The molecule has 14 nitrogen and oxygen atoms in total. The second-order valence-corrected chi connectivity index (χ2v) is 17.5. The standard InChI is InChI=1S/C30H42F2N5O9PS2/c1-5-36-13-11-20-8-9-23(26(38)34-21(29(41)42)12-14-49(44,45)33-3)37(20)28(40)22(17-36)35-27(39)25-16-18-15-19(7-10-24(18)48-25)30(31,32)47(4,43)46-6-2/h7,10,15-16,20-23,33,43H,4-6,8-9,11-14,17H2,1-3H3,(H,34,38)(H,35,39)(H,41,42)/p+1. The van der Waals surface area contributed by atoms with Gasteiger partial charge in [0.25, 0.3) is 15.9 Å². The average Bonchev–Trinajstić information content (AvgIpc) is 3.67. The number of nitrogens with zero attached hydrogens (tertiary/aromatic N) is 2. The minimum Gasteiger partial charge on any atom is -0.480 e. The summed E-state index contributed by atoms with van der Waals surface area (Å²) in [5, 5.41) is 15.2. The summed E-state index contributed by atoms with van der Waals surface area (Å²) in [4.78, 5) is 66.8. The number of aliphatic carboxylic acids is 1. The lowest BCUT2D eigenvalue weighted by Gasteiger charge is -2.38. The Balaban J connectivity index is 1.55. The zero-order valence-corrected chi connectivity index (χ0v) is 30.0. The molecule has 6 N–H and O–H groups in total. The summed E-state index contributed by atoms with van der Waals surface area (Å²) in [7, 11) is -6.64. The molecule has 0 radical (unpaired) electrons. The van der Waals surface area contributed by atoms with E-state index < -0.39 is 76.2 Å². The number of nitrogens with one attached hydrogen (secondary N) is 2. The molecule has 1 aromatic heterocycles. The molecule has 1 aromatic carbocycles. The van der Waals surface area contributed by atoms with Gasteiger partial charge < -0.3 is 35.0 Å². The SMILES string of the molecule is C=P(O)(OCC)C(F)(F)c1ccc2sc(C(=O)NC3CN(CC)CCC4CCC(C(=O)NC(CCS(=O)(=O)[NH2+]C)C(=O)O)N4C3=O)cc2c1. The quantitative estimate of drug-likeness (QED) is 0.173. The van der Waals surface area contributed by atoms with Crippen molar-refractivity contribution in [2.24, 2.45) is 0 Å². The Hall–Kier alpha value is -2.99. The second kappa shape index (κ2) is 15.5. The van der Waals surface area contributed by atoms with Crippen molar-refractivity contribution in [1.82, 2.24) is 20.4 Å². The molecule has 272 valence electrons. The smallest absolute Gasteiger partial charge is 0.334 e. The highest BCUT2D eigenvalue weighted by molar-refractivity contribution is 7.84. The zero-order valence-electron chi connectivity index (χ0n) is 27.4. The summed E-state index contributed by atoms with van der Waals surface area (Å²) in [6.45, 7) is 4.51. The summed E-state index contributed by atoms with van der Waals surface area (Å²) in [6, 6.07) is 1.16. The van der Waals surface area contributed by atoms with Crippen LogP contribution in [0.1, 0.15) is 54.8 Å². The molecule has 19 heteroatoms. The van der Waals surface area contributed by atoms with Crippen LogP contribution < -0.4 is 15.4 Å². The Morgan fingerprint density at radius 2 is 1.94 bits per heavy atom. The highest BCUT2D eigenvalue weighted by atomic mass is 32.2. The summed E-state index contributed by atoms with van der Waals surface area (Å²) in [5.74, 6) is -3.77. The van der Waals surface area contributed by atoms with Crippen LogP contribution >= 0.6 is 18.7 Å². The van der Waals surface area contributed by atoms with E-state index in [1.807, 2.05) is 11.8 Å². The lowest BCUT2D eigenvalue weighted by molar-refractivity contribution is -0.461. The number of nitrogens with two attached hydrogens (primary N) is 1. The number of hydrogen-bond donors (Lipinski definition) is 5. The van der Waals surface area contributed by atoms with E-state index in [9.17, 15) is 37.6 Å². The fraction of sp³-hybridized carbons (Fsp3) is 0.567. The van der Waals surface area contributed by atoms with Crippen LogP contribution in [0.4, 0.5) is 8.78 Å². The van der Waals surface area contributed by atoms with Gasteiger partial charge in [0.05, 0.1) is 18.5 Å².